The molecule has 0 spiro atoms. The third kappa shape index (κ3) is 5.34. The maximum atomic E-state index is 10.8. The Bertz CT molecular complexity index is 1020. The van der Waals surface area contributed by atoms with Gasteiger partial charge in [0, 0.05) is 11.1 Å². The molecule has 1 aliphatic carbocycles. The highest BCUT2D eigenvalue weighted by atomic mass is 16.7. The highest BCUT2D eigenvalue weighted by Crippen LogP contribution is 2.48. The Balaban J connectivity index is 1.64. The van der Waals surface area contributed by atoms with Crippen LogP contribution in [0.1, 0.15) is 36.8 Å². The van der Waals surface area contributed by atoms with Crippen LogP contribution in [-0.2, 0) is 22.3 Å². The molecule has 2 aliphatic rings. The normalized spacial score (nSPS) is 27.3. The lowest BCUT2D eigenvalue weighted by Crippen LogP contribution is -2.54. The summed E-state index contributed by atoms with van der Waals surface area (Å²) in [7, 11) is 2.96. The van der Waals surface area contributed by atoms with Crippen molar-refractivity contribution in [3.05, 3.63) is 35.4 Å². The van der Waals surface area contributed by atoms with Gasteiger partial charge in [0.2, 0.25) is 5.75 Å². The van der Waals surface area contributed by atoms with Gasteiger partial charge in [0.25, 0.3) is 0 Å². The number of methoxy groups -OCH3 is 2. The summed E-state index contributed by atoms with van der Waals surface area (Å²) in [6, 6.07) is 7.19. The van der Waals surface area contributed by atoms with Crippen molar-refractivity contribution in [2.24, 2.45) is 0 Å². The van der Waals surface area contributed by atoms with E-state index in [1.54, 1.807) is 6.07 Å². The molecule has 2 aromatic rings. The molecule has 2 aromatic carbocycles. The third-order valence-electron chi connectivity index (χ3n) is 6.81. The van der Waals surface area contributed by atoms with E-state index in [-0.39, 0.29) is 30.0 Å². The number of ether oxygens (including phenoxy) is 4. The minimum Gasteiger partial charge on any atom is -0.507 e. The van der Waals surface area contributed by atoms with Gasteiger partial charge in [-0.3, -0.25) is 0 Å². The number of aryl methyl sites for hydroxylation is 2. The fourth-order valence-electron chi connectivity index (χ4n) is 4.81. The van der Waals surface area contributed by atoms with Gasteiger partial charge in [0.05, 0.1) is 26.9 Å². The number of benzene rings is 2. The van der Waals surface area contributed by atoms with E-state index in [4.69, 9.17) is 18.9 Å². The van der Waals surface area contributed by atoms with Crippen molar-refractivity contribution in [3.63, 3.8) is 0 Å². The van der Waals surface area contributed by atoms with Gasteiger partial charge in [-0.2, -0.15) is 0 Å². The molecule has 0 radical (unpaired) electrons. The van der Waals surface area contributed by atoms with Crippen LogP contribution in [0.5, 0.6) is 23.0 Å². The molecule has 35 heavy (non-hydrogen) atoms. The Labute approximate surface area is 204 Å². The molecular formula is C26H34O9. The van der Waals surface area contributed by atoms with E-state index in [2.05, 4.69) is 0 Å². The van der Waals surface area contributed by atoms with Crippen LogP contribution in [-0.4, -0.2) is 77.1 Å². The molecule has 0 saturated carbocycles. The molecule has 5 N–H and O–H groups in total. The zero-order valence-electron chi connectivity index (χ0n) is 20.0. The number of aliphatic hydroxyl groups is 3. The van der Waals surface area contributed by atoms with Crippen LogP contribution in [0.25, 0.3) is 11.1 Å². The van der Waals surface area contributed by atoms with Gasteiger partial charge in [-0.05, 0) is 61.4 Å². The lowest BCUT2D eigenvalue weighted by atomic mass is 9.95. The first-order chi connectivity index (χ1) is 16.8. The van der Waals surface area contributed by atoms with E-state index in [1.165, 1.54) is 14.2 Å². The molecule has 1 saturated heterocycles. The molecule has 9 nitrogen and oxygen atoms in total. The van der Waals surface area contributed by atoms with Gasteiger partial charge in [-0.25, -0.2) is 0 Å². The molecular weight excluding hydrogens is 456 g/mol. The van der Waals surface area contributed by atoms with Crippen LogP contribution in [0.2, 0.25) is 0 Å². The second-order valence-electron chi connectivity index (χ2n) is 9.14. The largest absolute Gasteiger partial charge is 0.507 e. The number of fused-ring (bicyclic) bond motifs is 5. The quantitative estimate of drug-likeness (QED) is 0.437. The number of hydrogen-bond acceptors (Lipinski definition) is 9. The molecule has 0 aromatic heterocycles. The fourth-order valence-corrected chi connectivity index (χ4v) is 4.81. The summed E-state index contributed by atoms with van der Waals surface area (Å²) >= 11 is 0. The van der Waals surface area contributed by atoms with Crippen LogP contribution >= 0.6 is 0 Å². The highest BCUT2D eigenvalue weighted by molar-refractivity contribution is 5.81. The molecule has 9 heteroatoms. The molecule has 0 unspecified atom stereocenters. The highest BCUT2D eigenvalue weighted by Gasteiger charge is 2.39. The first kappa shape index (κ1) is 25.5. The Morgan fingerprint density at radius 2 is 1.63 bits per heavy atom. The number of rotatable bonds is 4. The Morgan fingerprint density at radius 1 is 0.857 bits per heavy atom. The van der Waals surface area contributed by atoms with Crippen molar-refractivity contribution in [2.75, 3.05) is 20.8 Å². The number of phenolic OH excluding ortho intramolecular Hbond substituents is 2. The average molecular weight is 491 g/mol. The van der Waals surface area contributed by atoms with E-state index < -0.39 is 24.6 Å². The van der Waals surface area contributed by atoms with Crippen LogP contribution in [0.15, 0.2) is 24.3 Å². The van der Waals surface area contributed by atoms with E-state index in [0.717, 1.165) is 18.4 Å². The molecule has 0 amide bonds. The van der Waals surface area contributed by atoms with E-state index in [9.17, 15) is 25.5 Å². The number of aliphatic hydroxyl groups excluding tert-OH is 3. The Morgan fingerprint density at radius 3 is 2.37 bits per heavy atom. The first-order valence-corrected chi connectivity index (χ1v) is 11.9. The van der Waals surface area contributed by atoms with E-state index in [0.29, 0.717) is 48.1 Å². The van der Waals surface area contributed by atoms with Gasteiger partial charge in [-0.1, -0.05) is 12.5 Å². The Hall–Kier alpha value is -2.56. The summed E-state index contributed by atoms with van der Waals surface area (Å²) in [6.45, 7) is -0.116. The molecule has 1 fully saturated rings. The van der Waals surface area contributed by atoms with E-state index >= 15 is 0 Å². The minimum atomic E-state index is -1.35. The molecule has 4 rings (SSSR count). The predicted octanol–water partition coefficient (Wildman–Crippen LogP) is 2.27. The summed E-state index contributed by atoms with van der Waals surface area (Å²) in [5.41, 5.74) is 2.85. The van der Waals surface area contributed by atoms with Gasteiger partial charge >= 0.3 is 0 Å². The number of phenols is 2. The van der Waals surface area contributed by atoms with Crippen molar-refractivity contribution in [1.82, 2.24) is 0 Å². The molecule has 5 atom stereocenters. The van der Waals surface area contributed by atoms with Gasteiger partial charge < -0.3 is 44.5 Å². The summed E-state index contributed by atoms with van der Waals surface area (Å²) in [5.74, 6) is 0.670. The standard InChI is InChI=1S/C26H34O9/c1-32-24-18-12-15(21(29)25(24)33-2)5-3-4-6-16(9-7-14-8-10-19(27)17(18)11-14)35-26-23(31)22(30)20(28)13-34-26/h8,10-12,16,20,22-23,26-31H,3-7,9,13H2,1-2H3/t16-,20+,22-,23+,26-/m0/s1. The fraction of sp³-hybridized carbons (Fsp3) is 0.538. The smallest absolute Gasteiger partial charge is 0.203 e. The predicted molar refractivity (Wildman–Crippen MR) is 127 cm³/mol. The summed E-state index contributed by atoms with van der Waals surface area (Å²) < 4.78 is 22.5. The minimum absolute atomic E-state index is 0.0117. The first-order valence-electron chi connectivity index (χ1n) is 11.9. The lowest BCUT2D eigenvalue weighted by Gasteiger charge is -2.36. The average Bonchev–Trinajstić information content (AvgIpc) is 2.86. The van der Waals surface area contributed by atoms with Crippen LogP contribution in [0, 0.1) is 0 Å². The number of aromatic hydroxyl groups is 2. The zero-order valence-corrected chi connectivity index (χ0v) is 20.0. The second kappa shape index (κ2) is 11.0. The topological polar surface area (TPSA) is 138 Å². The maximum absolute atomic E-state index is 10.8. The van der Waals surface area contributed by atoms with Crippen molar-refractivity contribution in [2.45, 2.75) is 69.2 Å². The van der Waals surface area contributed by atoms with Gasteiger partial charge in [0.1, 0.15) is 24.1 Å². The Kier molecular flexibility index (Phi) is 8.03. The SMILES string of the molecule is COc1c2cc(c(O)c1OC)CCCC[C@H](O[C@@H]1OC[C@@H](O)[C@H](O)[C@H]1O)CCc1ccc(O)c-2c1. The van der Waals surface area contributed by atoms with E-state index in [1.807, 2.05) is 18.2 Å². The monoisotopic (exact) mass is 490 g/mol. The molecule has 192 valence electrons. The summed E-state index contributed by atoms with van der Waals surface area (Å²) in [6.07, 6.45) is -1.09. The summed E-state index contributed by atoms with van der Waals surface area (Å²) in [4.78, 5) is 0. The van der Waals surface area contributed by atoms with Crippen molar-refractivity contribution >= 4 is 0 Å². The van der Waals surface area contributed by atoms with Crippen molar-refractivity contribution in [1.29, 1.82) is 0 Å². The molecule has 4 bridgehead atoms. The molecule has 1 heterocycles. The van der Waals surface area contributed by atoms with Gasteiger partial charge in [0.15, 0.2) is 17.8 Å². The van der Waals surface area contributed by atoms with Crippen LogP contribution in [0.3, 0.4) is 0 Å². The summed E-state index contributed by atoms with van der Waals surface area (Å²) in [5, 5.41) is 51.5. The lowest BCUT2D eigenvalue weighted by molar-refractivity contribution is -0.283. The van der Waals surface area contributed by atoms with Gasteiger partial charge in [-0.15, -0.1) is 0 Å². The number of hydrogen-bond donors (Lipinski definition) is 5. The second-order valence-corrected chi connectivity index (χ2v) is 9.14. The maximum Gasteiger partial charge on any atom is 0.203 e. The third-order valence-corrected chi connectivity index (χ3v) is 6.81. The van der Waals surface area contributed by atoms with Crippen LogP contribution < -0.4 is 9.47 Å². The van der Waals surface area contributed by atoms with Crippen molar-refractivity contribution < 1.29 is 44.5 Å². The molecule has 1 aliphatic heterocycles. The van der Waals surface area contributed by atoms with Crippen LogP contribution in [0.4, 0.5) is 0 Å². The van der Waals surface area contributed by atoms with Crippen molar-refractivity contribution in [3.8, 4) is 34.1 Å². The zero-order chi connectivity index (χ0) is 25.1.